The third-order valence-corrected chi connectivity index (χ3v) is 7.88. The van der Waals surface area contributed by atoms with Crippen LogP contribution in [0.4, 0.5) is 0 Å². The Morgan fingerprint density at radius 2 is 1.33 bits per heavy atom. The zero-order chi connectivity index (χ0) is 30.7. The minimum Gasteiger partial charge on any atom is -0.508 e. The smallest absolute Gasteiger partial charge is 0.342 e. The van der Waals surface area contributed by atoms with Gasteiger partial charge in [0.2, 0.25) is 5.43 Å². The van der Waals surface area contributed by atoms with Crippen molar-refractivity contribution < 1.29 is 22.8 Å². The van der Waals surface area contributed by atoms with Crippen LogP contribution in [0, 0.1) is 10.9 Å². The zero-order valence-electron chi connectivity index (χ0n) is 21.8. The maximum absolute atomic E-state index is 13.6. The third kappa shape index (κ3) is 5.47. The van der Waals surface area contributed by atoms with Crippen LogP contribution in [0.1, 0.15) is 22.6 Å². The van der Waals surface area contributed by atoms with E-state index in [0.29, 0.717) is 5.56 Å². The summed E-state index contributed by atoms with van der Waals surface area (Å²) in [6.07, 6.45) is 0. The third-order valence-electron chi connectivity index (χ3n) is 6.58. The Kier molecular flexibility index (Phi) is 7.56. The van der Waals surface area contributed by atoms with E-state index in [4.69, 9.17) is 15.1 Å². The molecule has 0 amide bonds. The molecule has 0 aromatic heterocycles. The van der Waals surface area contributed by atoms with Gasteiger partial charge in [0, 0.05) is 17.0 Å². The second-order valence-electron chi connectivity index (χ2n) is 9.15. The lowest BCUT2D eigenvalue weighted by Gasteiger charge is -2.19. The quantitative estimate of drug-likeness (QED) is 0.0634. The van der Waals surface area contributed by atoms with Crippen LogP contribution in [0.5, 0.6) is 17.2 Å². The molecule has 2 aliphatic rings. The van der Waals surface area contributed by atoms with Crippen molar-refractivity contribution in [2.75, 3.05) is 0 Å². The van der Waals surface area contributed by atoms with Crippen LogP contribution < -0.4 is 25.8 Å². The summed E-state index contributed by atoms with van der Waals surface area (Å²) in [5, 5.41) is 39.5. The van der Waals surface area contributed by atoms with Gasteiger partial charge >= 0.3 is 15.2 Å². The number of phenols is 2. The minimum atomic E-state index is -4.93. The lowest BCUT2D eigenvalue weighted by atomic mass is 9.85. The summed E-state index contributed by atoms with van der Waals surface area (Å²) < 4.78 is 32.7. The van der Waals surface area contributed by atoms with Gasteiger partial charge in [-0.05, 0) is 59.2 Å². The second kappa shape index (κ2) is 11.4. The number of nitrogens with zero attached hydrogens (tertiary/aromatic N) is 5. The number of diazo groups is 1. The fourth-order valence-electron chi connectivity index (χ4n) is 4.73. The molecular formula is C29H19N6O7S+. The van der Waals surface area contributed by atoms with Crippen LogP contribution in [0.3, 0.4) is 0 Å². The van der Waals surface area contributed by atoms with E-state index in [1.54, 1.807) is 36.4 Å². The number of rotatable bonds is 7. The topological polar surface area (TPSA) is 207 Å². The minimum absolute atomic E-state index is 0.0777. The molecule has 0 unspecified atom stereocenters. The number of hydrogen-bond donors (Lipinski definition) is 3. The molecule has 3 aromatic rings. The first-order valence-corrected chi connectivity index (χ1v) is 13.8. The van der Waals surface area contributed by atoms with Gasteiger partial charge in [0.05, 0.1) is 0 Å². The molecule has 0 spiro atoms. The van der Waals surface area contributed by atoms with Crippen molar-refractivity contribution in [3.8, 4) is 28.4 Å². The lowest BCUT2D eigenvalue weighted by molar-refractivity contribution is 0.475. The monoisotopic (exact) mass is 595 g/mol. The summed E-state index contributed by atoms with van der Waals surface area (Å²) >= 11 is 0. The number of aromatic hydroxyl groups is 2. The number of benzene rings is 5. The maximum Gasteiger partial charge on any atom is 0.342 e. The van der Waals surface area contributed by atoms with Crippen molar-refractivity contribution in [3.63, 3.8) is 0 Å². The number of nitrogens with one attached hydrogen (secondary N) is 1. The van der Waals surface area contributed by atoms with E-state index in [0.717, 1.165) is 11.1 Å². The fourth-order valence-corrected chi connectivity index (χ4v) is 6.01. The molecule has 43 heavy (non-hydrogen) atoms. The van der Waals surface area contributed by atoms with E-state index >= 15 is 0 Å². The van der Waals surface area contributed by atoms with Crippen molar-refractivity contribution in [1.29, 1.82) is 10.9 Å². The maximum atomic E-state index is 13.6. The highest BCUT2D eigenvalue weighted by molar-refractivity contribution is 7.87. The number of phenolic OH excluding ortho intramolecular Hbond substituents is 2. The molecule has 3 aromatic carbocycles. The molecule has 0 aliphatic heterocycles. The summed E-state index contributed by atoms with van der Waals surface area (Å²) in [7, 11) is -4.93. The molecule has 0 heterocycles. The first-order chi connectivity index (χ1) is 20.6. The van der Waals surface area contributed by atoms with Gasteiger partial charge in [0.25, 0.3) is 10.8 Å². The van der Waals surface area contributed by atoms with Gasteiger partial charge in [-0.2, -0.15) is 13.9 Å². The highest BCUT2D eigenvalue weighted by Gasteiger charge is 2.32. The van der Waals surface area contributed by atoms with Gasteiger partial charge in [-0.3, -0.25) is 9.59 Å². The predicted octanol–water partition coefficient (Wildman–Crippen LogP) is 3.26. The Bertz CT molecular complexity index is 2160. The van der Waals surface area contributed by atoms with E-state index in [9.17, 15) is 28.2 Å². The molecule has 0 saturated heterocycles. The lowest BCUT2D eigenvalue weighted by Crippen LogP contribution is -2.45. The first-order valence-electron chi connectivity index (χ1n) is 12.4. The summed E-state index contributed by atoms with van der Waals surface area (Å²) in [5.74, 6) is -0.387. The first kappa shape index (κ1) is 28.5. The van der Waals surface area contributed by atoms with Gasteiger partial charge in [-0.25, -0.2) is 0 Å². The van der Waals surface area contributed by atoms with Crippen molar-refractivity contribution in [2.24, 2.45) is 15.4 Å². The van der Waals surface area contributed by atoms with Crippen molar-refractivity contribution in [2.45, 2.75) is 10.8 Å². The Labute approximate surface area is 242 Å². The normalized spacial score (nSPS) is 12.4. The molecule has 0 fully saturated rings. The molecule has 2 aliphatic carbocycles. The molecule has 0 saturated carbocycles. The highest BCUT2D eigenvalue weighted by Crippen LogP contribution is 2.35. The Hall–Kier alpha value is -6.07. The molecular weight excluding hydrogens is 576 g/mol. The van der Waals surface area contributed by atoms with E-state index in [2.05, 4.69) is 20.5 Å². The van der Waals surface area contributed by atoms with Crippen LogP contribution in [0.15, 0.2) is 121 Å². The van der Waals surface area contributed by atoms with Gasteiger partial charge in [-0.1, -0.05) is 53.8 Å². The average molecular weight is 596 g/mol. The van der Waals surface area contributed by atoms with Crippen molar-refractivity contribution in [3.05, 3.63) is 144 Å². The predicted molar refractivity (Wildman–Crippen MR) is 151 cm³/mol. The molecule has 0 radical (unpaired) electrons. The summed E-state index contributed by atoms with van der Waals surface area (Å²) in [6, 6.07) is 22.8. The zero-order valence-corrected chi connectivity index (χ0v) is 22.6. The van der Waals surface area contributed by atoms with Crippen LogP contribution >= 0.6 is 0 Å². The average Bonchev–Trinajstić information content (AvgIpc) is 2.99. The number of hydrogen-bond acceptors (Lipinski definition) is 11. The SMILES string of the molecule is N#[N+]N=c1cccc2c(=O)c(=O)c(=NN=N)c(S(=O)(=O)Oc3ccc(C(c4ccc(O)cc4)c4ccc(O)cc4)cc3)c1-2. The largest absolute Gasteiger partial charge is 0.508 e. The molecule has 13 nitrogen and oxygen atoms in total. The second-order valence-corrected chi connectivity index (χ2v) is 10.6. The van der Waals surface area contributed by atoms with E-state index < -0.39 is 36.8 Å². The van der Waals surface area contributed by atoms with Crippen LogP contribution in [-0.4, -0.2) is 18.6 Å². The molecule has 212 valence electrons. The summed E-state index contributed by atoms with van der Waals surface area (Å²) in [5.41, 5.74) is 6.18. The number of fused-ring (bicyclic) bond motifs is 1. The molecule has 3 N–H and O–H groups in total. The van der Waals surface area contributed by atoms with Crippen LogP contribution in [0.2, 0.25) is 0 Å². The molecule has 14 heteroatoms. The Morgan fingerprint density at radius 1 is 0.791 bits per heavy atom. The van der Waals surface area contributed by atoms with E-state index in [1.807, 2.05) is 0 Å². The molecule has 0 atom stereocenters. The van der Waals surface area contributed by atoms with Gasteiger partial charge in [0.1, 0.15) is 22.1 Å². The van der Waals surface area contributed by atoms with Crippen molar-refractivity contribution in [1.82, 2.24) is 0 Å². The standard InChI is InChI=1S/C29H18N6O7S/c30-34-32-23-3-1-2-22-25(23)29(26(33-35-31)28(39)27(22)38)43(40,41)42-21-14-8-18(9-15-21)24(16-4-10-19(36)11-5-16)17-6-12-20(37)13-7-17/h1-15,24,31H,(H-,36,37)/p+1. The van der Waals surface area contributed by atoms with E-state index in [-0.39, 0.29) is 34.1 Å². The van der Waals surface area contributed by atoms with Crippen molar-refractivity contribution >= 4 is 10.1 Å². The Morgan fingerprint density at radius 3 is 1.84 bits per heavy atom. The van der Waals surface area contributed by atoms with Gasteiger partial charge < -0.3 is 14.4 Å². The summed E-state index contributed by atoms with van der Waals surface area (Å²) in [6.45, 7) is 0. The van der Waals surface area contributed by atoms with Crippen LogP contribution in [-0.2, 0) is 10.1 Å². The fraction of sp³-hybridized carbons (Fsp3) is 0.0345. The van der Waals surface area contributed by atoms with Gasteiger partial charge in [-0.15, -0.1) is 5.10 Å². The summed E-state index contributed by atoms with van der Waals surface area (Å²) in [4.78, 5) is 24.6. The highest BCUT2D eigenvalue weighted by atomic mass is 32.2. The van der Waals surface area contributed by atoms with Gasteiger partial charge in [0.15, 0.2) is 15.8 Å². The van der Waals surface area contributed by atoms with E-state index in [1.165, 1.54) is 54.6 Å². The van der Waals surface area contributed by atoms with Crippen LogP contribution in [0.25, 0.3) is 16.2 Å². The molecule has 5 rings (SSSR count). The Balaban J connectivity index is 1.63. The molecule has 0 bridgehead atoms.